The first kappa shape index (κ1) is 24.8. The van der Waals surface area contributed by atoms with Crippen LogP contribution in [0.5, 0.6) is 0 Å². The van der Waals surface area contributed by atoms with Crippen molar-refractivity contribution in [3.05, 3.63) is 35.6 Å². The van der Waals surface area contributed by atoms with E-state index in [4.69, 9.17) is 0 Å². The summed E-state index contributed by atoms with van der Waals surface area (Å²) in [5.41, 5.74) is 1.02. The Hall–Kier alpha value is -1.84. The molecule has 0 spiro atoms. The maximum Gasteiger partial charge on any atom is 0.239 e. The van der Waals surface area contributed by atoms with E-state index in [-0.39, 0.29) is 29.8 Å². The average Bonchev–Trinajstić information content (AvgIpc) is 3.12. The molecule has 2 aliphatic heterocycles. The summed E-state index contributed by atoms with van der Waals surface area (Å²) >= 11 is 0. The molecule has 32 heavy (non-hydrogen) atoms. The number of nitrogens with zero attached hydrogens (tertiary/aromatic N) is 4. The Balaban J connectivity index is 1.53. The molecule has 4 unspecified atom stereocenters. The summed E-state index contributed by atoms with van der Waals surface area (Å²) in [7, 11) is -1.18. The lowest BCUT2D eigenvalue weighted by Gasteiger charge is -2.39. The number of piperazine rings is 1. The molecule has 0 saturated carbocycles. The molecule has 1 saturated heterocycles. The lowest BCUT2D eigenvalue weighted by atomic mass is 10.1. The van der Waals surface area contributed by atoms with Crippen molar-refractivity contribution in [2.75, 3.05) is 39.0 Å². The van der Waals surface area contributed by atoms with Crippen molar-refractivity contribution in [3.8, 4) is 0 Å². The Bertz CT molecular complexity index is 806. The Labute approximate surface area is 193 Å². The van der Waals surface area contributed by atoms with E-state index in [1.165, 1.54) is 12.1 Å². The molecule has 7 nitrogen and oxygen atoms in total. The molecule has 2 aliphatic rings. The molecule has 1 fully saturated rings. The van der Waals surface area contributed by atoms with Crippen LogP contribution in [0.3, 0.4) is 0 Å². The maximum atomic E-state index is 13.2. The first-order chi connectivity index (χ1) is 15.4. The summed E-state index contributed by atoms with van der Waals surface area (Å²) in [5, 5.41) is 3.08. The van der Waals surface area contributed by atoms with Gasteiger partial charge in [-0.05, 0) is 44.0 Å². The van der Waals surface area contributed by atoms with Crippen molar-refractivity contribution in [3.63, 3.8) is 0 Å². The van der Waals surface area contributed by atoms with E-state index in [2.05, 4.69) is 34.0 Å². The first-order valence-corrected chi connectivity index (χ1v) is 13.0. The number of benzene rings is 1. The molecule has 178 valence electrons. The second kappa shape index (κ2) is 11.9. The van der Waals surface area contributed by atoms with Gasteiger partial charge in [-0.15, -0.1) is 0 Å². The number of nitrogens with one attached hydrogen (secondary N) is 1. The number of amides is 1. The van der Waals surface area contributed by atoms with E-state index in [9.17, 15) is 13.4 Å². The molecule has 3 rings (SSSR count). The predicted octanol–water partition coefficient (Wildman–Crippen LogP) is 2.01. The van der Waals surface area contributed by atoms with Gasteiger partial charge in [0.05, 0.1) is 29.4 Å². The van der Waals surface area contributed by atoms with Gasteiger partial charge in [-0.25, -0.2) is 12.9 Å². The Morgan fingerprint density at radius 1 is 1.28 bits per heavy atom. The number of halogens is 1. The number of carbonyl (C=O) groups excluding carboxylic acids is 1. The summed E-state index contributed by atoms with van der Waals surface area (Å²) in [6.45, 7) is 8.50. The van der Waals surface area contributed by atoms with Gasteiger partial charge in [-0.2, -0.15) is 0 Å². The summed E-state index contributed by atoms with van der Waals surface area (Å²) < 4.78 is 27.2. The van der Waals surface area contributed by atoms with Crippen LogP contribution in [0.15, 0.2) is 29.3 Å². The van der Waals surface area contributed by atoms with E-state index >= 15 is 0 Å². The smallest absolute Gasteiger partial charge is 0.239 e. The lowest BCUT2D eigenvalue weighted by molar-refractivity contribution is -0.126. The molecule has 2 heterocycles. The Kier molecular flexibility index (Phi) is 9.19. The maximum absolute atomic E-state index is 13.2. The fraction of sp³-hybridized carbons (Fsp3) is 0.652. The summed E-state index contributed by atoms with van der Waals surface area (Å²) in [6, 6.07) is 6.43. The number of rotatable bonds is 10. The number of hydrogen-bond donors (Lipinski definition) is 1. The van der Waals surface area contributed by atoms with Crippen LogP contribution >= 0.6 is 0 Å². The number of unbranched alkanes of at least 4 members (excludes halogenated alkanes) is 1. The van der Waals surface area contributed by atoms with Crippen molar-refractivity contribution in [1.29, 1.82) is 0 Å². The molecule has 9 heteroatoms. The minimum atomic E-state index is -1.18. The van der Waals surface area contributed by atoms with Crippen LogP contribution in [0.25, 0.3) is 0 Å². The number of carbonyl (C=O) groups is 1. The second-order valence-electron chi connectivity index (χ2n) is 8.69. The second-order valence-corrected chi connectivity index (χ2v) is 10.0. The Morgan fingerprint density at radius 3 is 2.72 bits per heavy atom. The van der Waals surface area contributed by atoms with Gasteiger partial charge in [0.25, 0.3) is 0 Å². The number of hydrogen-bond acceptors (Lipinski definition) is 5. The zero-order chi connectivity index (χ0) is 23.1. The van der Waals surface area contributed by atoms with Crippen molar-refractivity contribution < 1.29 is 13.4 Å². The third-order valence-corrected chi connectivity index (χ3v) is 7.42. The largest absolute Gasteiger partial charge is 0.355 e. The van der Waals surface area contributed by atoms with Gasteiger partial charge in [0.2, 0.25) is 5.91 Å². The lowest BCUT2D eigenvalue weighted by Crippen LogP contribution is -2.59. The van der Waals surface area contributed by atoms with Crippen molar-refractivity contribution in [1.82, 2.24) is 19.4 Å². The molecule has 4 atom stereocenters. The van der Waals surface area contributed by atoms with Crippen molar-refractivity contribution in [2.24, 2.45) is 4.99 Å². The van der Waals surface area contributed by atoms with Crippen molar-refractivity contribution >= 4 is 23.2 Å². The topological polar surface area (TPSA) is 68.2 Å². The third-order valence-electron chi connectivity index (χ3n) is 6.33. The molecular formula is C23H36FN5O2S. The van der Waals surface area contributed by atoms with Crippen LogP contribution in [0.1, 0.15) is 38.7 Å². The van der Waals surface area contributed by atoms with Gasteiger partial charge in [-0.3, -0.25) is 14.7 Å². The molecule has 1 N–H and O–H groups in total. The minimum absolute atomic E-state index is 0.0574. The average molecular weight is 466 g/mol. The Morgan fingerprint density at radius 2 is 2.03 bits per heavy atom. The molecule has 0 bridgehead atoms. The normalized spacial score (nSPS) is 25.2. The van der Waals surface area contributed by atoms with Gasteiger partial charge in [0.1, 0.15) is 11.9 Å². The van der Waals surface area contributed by atoms with Crippen LogP contribution in [0.4, 0.5) is 4.39 Å². The minimum Gasteiger partial charge on any atom is -0.355 e. The highest BCUT2D eigenvalue weighted by Crippen LogP contribution is 2.20. The van der Waals surface area contributed by atoms with Gasteiger partial charge < -0.3 is 10.2 Å². The molecule has 1 aromatic rings. The van der Waals surface area contributed by atoms with Crippen LogP contribution < -0.4 is 5.32 Å². The fourth-order valence-corrected chi connectivity index (χ4v) is 5.27. The molecule has 0 aliphatic carbocycles. The SMILES string of the molecule is CCCCN1CCN(S(C)=O)C(C(=O)NCCC2C(C)N=CN2Cc2ccc(F)cc2)C1. The monoisotopic (exact) mass is 465 g/mol. The highest BCUT2D eigenvalue weighted by Gasteiger charge is 2.34. The quantitative estimate of drug-likeness (QED) is 0.574. The van der Waals surface area contributed by atoms with E-state index in [1.807, 2.05) is 6.34 Å². The van der Waals surface area contributed by atoms with Gasteiger partial charge in [-0.1, -0.05) is 25.5 Å². The van der Waals surface area contributed by atoms with Crippen LogP contribution in [0, 0.1) is 5.82 Å². The standard InChI is InChI=1S/C23H36FN5O2S/c1-4-5-12-27-13-14-29(32(3)31)22(16-27)23(30)25-11-10-21-18(2)26-17-28(21)15-19-6-8-20(24)9-7-19/h6-9,17-18,21-22H,4-5,10-16H2,1-3H3,(H,25,30). The molecular weight excluding hydrogens is 429 g/mol. The molecule has 0 aromatic heterocycles. The van der Waals surface area contributed by atoms with E-state index in [0.29, 0.717) is 26.2 Å². The summed E-state index contributed by atoms with van der Waals surface area (Å²) in [6.07, 6.45) is 6.48. The number of aliphatic imine (C=N–C) groups is 1. The van der Waals surface area contributed by atoms with Crippen LogP contribution in [-0.4, -0.2) is 87.7 Å². The fourth-order valence-electron chi connectivity index (χ4n) is 4.41. The van der Waals surface area contributed by atoms with Crippen LogP contribution in [0.2, 0.25) is 0 Å². The highest BCUT2D eigenvalue weighted by molar-refractivity contribution is 7.81. The van der Waals surface area contributed by atoms with E-state index in [0.717, 1.165) is 37.9 Å². The van der Waals surface area contributed by atoms with E-state index in [1.54, 1.807) is 22.7 Å². The van der Waals surface area contributed by atoms with Gasteiger partial charge >= 0.3 is 0 Å². The molecule has 1 amide bonds. The van der Waals surface area contributed by atoms with E-state index < -0.39 is 11.0 Å². The predicted molar refractivity (Wildman–Crippen MR) is 127 cm³/mol. The van der Waals surface area contributed by atoms with Gasteiger partial charge in [0, 0.05) is 39.0 Å². The third kappa shape index (κ3) is 6.59. The summed E-state index contributed by atoms with van der Waals surface area (Å²) in [4.78, 5) is 22.0. The zero-order valence-corrected chi connectivity index (χ0v) is 20.2. The highest BCUT2D eigenvalue weighted by atomic mass is 32.2. The van der Waals surface area contributed by atoms with Crippen LogP contribution in [-0.2, 0) is 22.3 Å². The molecule has 0 radical (unpaired) electrons. The molecule has 1 aromatic carbocycles. The first-order valence-electron chi connectivity index (χ1n) is 11.5. The van der Waals surface area contributed by atoms with Crippen molar-refractivity contribution in [2.45, 2.75) is 57.8 Å². The summed E-state index contributed by atoms with van der Waals surface area (Å²) in [5.74, 6) is -0.299. The zero-order valence-electron chi connectivity index (χ0n) is 19.4. The van der Waals surface area contributed by atoms with Gasteiger partial charge in [0.15, 0.2) is 0 Å².